The van der Waals surface area contributed by atoms with Crippen LogP contribution in [0.25, 0.3) is 0 Å². The molecule has 0 aliphatic rings. The summed E-state index contributed by atoms with van der Waals surface area (Å²) < 4.78 is 6.06. The predicted molar refractivity (Wildman–Crippen MR) is 117 cm³/mol. The van der Waals surface area contributed by atoms with Gasteiger partial charge in [-0.25, -0.2) is 4.79 Å². The molecule has 1 N–H and O–H groups in total. The molecule has 5 nitrogen and oxygen atoms in total. The second-order valence-corrected chi connectivity index (χ2v) is 7.64. The second-order valence-electron chi connectivity index (χ2n) is 5.55. The van der Waals surface area contributed by atoms with E-state index in [1.165, 1.54) is 0 Å². The molecule has 0 aliphatic carbocycles. The third kappa shape index (κ3) is 5.92. The molecule has 0 aliphatic heterocycles. The van der Waals surface area contributed by atoms with Gasteiger partial charge in [0, 0.05) is 14.2 Å². The van der Waals surface area contributed by atoms with Gasteiger partial charge in [-0.05, 0) is 66.8 Å². The Labute approximate surface area is 181 Å². The first-order chi connectivity index (χ1) is 12.8. The van der Waals surface area contributed by atoms with Crippen molar-refractivity contribution >= 4 is 68.9 Å². The van der Waals surface area contributed by atoms with E-state index in [0.29, 0.717) is 21.3 Å². The molecular weight excluding hydrogens is 502 g/mol. The molecular formula is C19H17Cl2IN2O3. The fraction of sp³-hybridized carbons (Fsp3) is 0.211. The molecule has 0 fully saturated rings. The first-order valence-corrected chi connectivity index (χ1v) is 9.92. The molecule has 142 valence electrons. The summed E-state index contributed by atoms with van der Waals surface area (Å²) in [6.45, 7) is 3.47. The molecule has 0 saturated heterocycles. The van der Waals surface area contributed by atoms with E-state index in [2.05, 4.69) is 33.1 Å². The van der Waals surface area contributed by atoms with Crippen LogP contribution >= 0.6 is 45.8 Å². The molecule has 0 heterocycles. The van der Waals surface area contributed by atoms with Gasteiger partial charge in [0.1, 0.15) is 0 Å². The maximum Gasteiger partial charge on any atom is 0.355 e. The molecule has 2 aromatic carbocycles. The van der Waals surface area contributed by atoms with Crippen LogP contribution in [-0.2, 0) is 9.53 Å². The van der Waals surface area contributed by atoms with E-state index in [0.717, 1.165) is 3.57 Å². The SMILES string of the molecule is CCOC(=O)C(=NNc1ccc(Cl)cc1Cl)C(C)C(=O)c1ccc(I)cc1. The summed E-state index contributed by atoms with van der Waals surface area (Å²) in [6, 6.07) is 11.9. The van der Waals surface area contributed by atoms with Crippen LogP contribution in [0.15, 0.2) is 47.6 Å². The highest BCUT2D eigenvalue weighted by molar-refractivity contribution is 14.1. The average Bonchev–Trinajstić information content (AvgIpc) is 2.63. The number of hydrogen-bond acceptors (Lipinski definition) is 5. The van der Waals surface area contributed by atoms with Crippen molar-refractivity contribution < 1.29 is 14.3 Å². The number of esters is 1. The minimum Gasteiger partial charge on any atom is -0.461 e. The Morgan fingerprint density at radius 1 is 1.19 bits per heavy atom. The summed E-state index contributed by atoms with van der Waals surface area (Å²) in [4.78, 5) is 25.1. The van der Waals surface area contributed by atoms with Gasteiger partial charge in [-0.3, -0.25) is 10.2 Å². The third-order valence-electron chi connectivity index (χ3n) is 3.64. The van der Waals surface area contributed by atoms with E-state index >= 15 is 0 Å². The number of anilines is 1. The van der Waals surface area contributed by atoms with Crippen molar-refractivity contribution in [2.45, 2.75) is 13.8 Å². The lowest BCUT2D eigenvalue weighted by Gasteiger charge is -2.14. The van der Waals surface area contributed by atoms with Crippen molar-refractivity contribution in [3.05, 3.63) is 61.6 Å². The lowest BCUT2D eigenvalue weighted by atomic mass is 9.95. The summed E-state index contributed by atoms with van der Waals surface area (Å²) in [5, 5.41) is 4.92. The molecule has 0 saturated carbocycles. The molecule has 2 aromatic rings. The van der Waals surface area contributed by atoms with E-state index in [4.69, 9.17) is 27.9 Å². The van der Waals surface area contributed by atoms with Gasteiger partial charge in [-0.2, -0.15) is 5.10 Å². The molecule has 27 heavy (non-hydrogen) atoms. The van der Waals surface area contributed by atoms with Crippen LogP contribution in [0, 0.1) is 9.49 Å². The van der Waals surface area contributed by atoms with E-state index in [1.54, 1.807) is 44.2 Å². The Balaban J connectivity index is 2.30. The van der Waals surface area contributed by atoms with Crippen LogP contribution in [0.5, 0.6) is 0 Å². The monoisotopic (exact) mass is 518 g/mol. The summed E-state index contributed by atoms with van der Waals surface area (Å²) in [5.74, 6) is -1.70. The highest BCUT2D eigenvalue weighted by Crippen LogP contribution is 2.25. The van der Waals surface area contributed by atoms with E-state index in [1.807, 2.05) is 12.1 Å². The van der Waals surface area contributed by atoms with Gasteiger partial charge in [-0.15, -0.1) is 0 Å². The summed E-state index contributed by atoms with van der Waals surface area (Å²) in [7, 11) is 0. The van der Waals surface area contributed by atoms with Crippen molar-refractivity contribution in [1.82, 2.24) is 0 Å². The van der Waals surface area contributed by atoms with E-state index in [-0.39, 0.29) is 18.1 Å². The van der Waals surface area contributed by atoms with Crippen molar-refractivity contribution in [2.75, 3.05) is 12.0 Å². The van der Waals surface area contributed by atoms with E-state index < -0.39 is 11.9 Å². The van der Waals surface area contributed by atoms with Crippen LogP contribution in [0.2, 0.25) is 10.0 Å². The van der Waals surface area contributed by atoms with Gasteiger partial charge < -0.3 is 4.74 Å². The number of halogens is 3. The quantitative estimate of drug-likeness (QED) is 0.174. The minimum absolute atomic E-state index is 0.0357. The number of nitrogens with one attached hydrogen (secondary N) is 1. The summed E-state index contributed by atoms with van der Waals surface area (Å²) in [5.41, 5.74) is 3.63. The normalized spacial score (nSPS) is 12.4. The molecule has 2 rings (SSSR count). The summed E-state index contributed by atoms with van der Waals surface area (Å²) in [6.07, 6.45) is 0. The predicted octanol–water partition coefficient (Wildman–Crippen LogP) is 5.45. The number of carbonyl (C=O) groups excluding carboxylic acids is 2. The number of nitrogens with zero attached hydrogens (tertiary/aromatic N) is 1. The zero-order valence-electron chi connectivity index (χ0n) is 14.6. The number of carbonyl (C=O) groups is 2. The topological polar surface area (TPSA) is 67.8 Å². The van der Waals surface area contributed by atoms with Crippen molar-refractivity contribution in [3.8, 4) is 0 Å². The molecule has 0 aromatic heterocycles. The van der Waals surface area contributed by atoms with Crippen molar-refractivity contribution in [1.29, 1.82) is 0 Å². The molecule has 1 unspecified atom stereocenters. The van der Waals surface area contributed by atoms with Gasteiger partial charge in [0.2, 0.25) is 0 Å². The molecule has 8 heteroatoms. The zero-order valence-corrected chi connectivity index (χ0v) is 18.3. The van der Waals surface area contributed by atoms with Crippen LogP contribution in [-0.4, -0.2) is 24.1 Å². The van der Waals surface area contributed by atoms with Crippen molar-refractivity contribution in [3.63, 3.8) is 0 Å². The average molecular weight is 519 g/mol. The highest BCUT2D eigenvalue weighted by atomic mass is 127. The van der Waals surface area contributed by atoms with Crippen LogP contribution in [0.1, 0.15) is 24.2 Å². The van der Waals surface area contributed by atoms with Gasteiger partial charge in [-0.1, -0.05) is 35.3 Å². The molecule has 0 spiro atoms. The molecule has 0 amide bonds. The Morgan fingerprint density at radius 3 is 2.44 bits per heavy atom. The standard InChI is InChI=1S/C19H17Cl2IN2O3/c1-3-27-19(26)17(24-23-16-9-6-13(20)10-15(16)21)11(2)18(25)12-4-7-14(22)8-5-12/h4-11,23H,3H2,1-2H3. The van der Waals surface area contributed by atoms with Gasteiger partial charge in [0.25, 0.3) is 0 Å². The van der Waals surface area contributed by atoms with Gasteiger partial charge in [0.15, 0.2) is 11.5 Å². The first-order valence-electron chi connectivity index (χ1n) is 8.09. The Hall–Kier alpha value is -1.64. The zero-order chi connectivity index (χ0) is 20.0. The molecule has 1 atom stereocenters. The highest BCUT2D eigenvalue weighted by Gasteiger charge is 2.27. The smallest absolute Gasteiger partial charge is 0.355 e. The first kappa shape index (κ1) is 21.7. The molecule has 0 radical (unpaired) electrons. The Bertz CT molecular complexity index is 870. The maximum absolute atomic E-state index is 12.8. The number of ketones is 1. The number of Topliss-reactive ketones (excluding diaryl/α,β-unsaturated/α-hetero) is 1. The van der Waals surface area contributed by atoms with Crippen LogP contribution in [0.3, 0.4) is 0 Å². The number of rotatable bonds is 7. The lowest BCUT2D eigenvalue weighted by Crippen LogP contribution is -2.31. The molecule has 0 bridgehead atoms. The number of benzene rings is 2. The second kappa shape index (κ2) is 10.1. The lowest BCUT2D eigenvalue weighted by molar-refractivity contribution is -0.135. The summed E-state index contributed by atoms with van der Waals surface area (Å²) >= 11 is 14.1. The van der Waals surface area contributed by atoms with Gasteiger partial charge >= 0.3 is 5.97 Å². The fourth-order valence-electron chi connectivity index (χ4n) is 2.21. The number of ether oxygens (including phenoxy) is 1. The largest absolute Gasteiger partial charge is 0.461 e. The Morgan fingerprint density at radius 2 is 1.85 bits per heavy atom. The Kier molecular flexibility index (Phi) is 8.07. The minimum atomic E-state index is -0.803. The van der Waals surface area contributed by atoms with Crippen molar-refractivity contribution in [2.24, 2.45) is 11.0 Å². The third-order valence-corrected chi connectivity index (χ3v) is 4.91. The van der Waals surface area contributed by atoms with E-state index in [9.17, 15) is 9.59 Å². The van der Waals surface area contributed by atoms with Crippen LogP contribution < -0.4 is 5.43 Å². The maximum atomic E-state index is 12.8. The van der Waals surface area contributed by atoms with Gasteiger partial charge in [0.05, 0.1) is 23.2 Å². The number of hydrogen-bond donors (Lipinski definition) is 1. The van der Waals surface area contributed by atoms with Crippen LogP contribution in [0.4, 0.5) is 5.69 Å². The number of hydrazone groups is 1. The fourth-order valence-corrected chi connectivity index (χ4v) is 3.02.